The second kappa shape index (κ2) is 4.18. The fraction of sp³-hybridized carbons (Fsp3) is 0.214. The molecule has 3 heterocycles. The van der Waals surface area contributed by atoms with Gasteiger partial charge in [-0.1, -0.05) is 29.8 Å². The van der Waals surface area contributed by atoms with Gasteiger partial charge in [0, 0.05) is 17.8 Å². The summed E-state index contributed by atoms with van der Waals surface area (Å²) in [5, 5.41) is 4.68. The third-order valence-corrected chi connectivity index (χ3v) is 3.85. The molecule has 1 aliphatic heterocycles. The average Bonchev–Trinajstić information content (AvgIpc) is 3.00. The summed E-state index contributed by atoms with van der Waals surface area (Å²) < 4.78 is 1.73. The van der Waals surface area contributed by atoms with Crippen LogP contribution in [0.1, 0.15) is 12.5 Å². The standard InChI is InChI=1S/C14H12ClN5/c1-9-6-10-4-2-3-5-11(10)19(9)13-7-12(15)18-14-16-8-17-20(13)14/h2-5,7-9H,6H2,1H3. The first-order valence-corrected chi connectivity index (χ1v) is 6.85. The molecule has 0 saturated heterocycles. The highest BCUT2D eigenvalue weighted by Gasteiger charge is 2.29. The highest BCUT2D eigenvalue weighted by molar-refractivity contribution is 6.29. The molecular weight excluding hydrogens is 274 g/mol. The normalized spacial score (nSPS) is 17.7. The predicted molar refractivity (Wildman–Crippen MR) is 77.5 cm³/mol. The van der Waals surface area contributed by atoms with E-state index in [2.05, 4.69) is 45.1 Å². The molecular formula is C14H12ClN5. The average molecular weight is 286 g/mol. The maximum absolute atomic E-state index is 6.12. The van der Waals surface area contributed by atoms with Crippen LogP contribution in [-0.2, 0) is 6.42 Å². The van der Waals surface area contributed by atoms with Gasteiger partial charge in [0.15, 0.2) is 0 Å². The van der Waals surface area contributed by atoms with Gasteiger partial charge in [0.05, 0.1) is 0 Å². The van der Waals surface area contributed by atoms with Crippen molar-refractivity contribution < 1.29 is 0 Å². The summed E-state index contributed by atoms with van der Waals surface area (Å²) in [6.45, 7) is 2.19. The number of fused-ring (bicyclic) bond motifs is 2. The van der Waals surface area contributed by atoms with Crippen LogP contribution in [0.25, 0.3) is 5.78 Å². The molecule has 6 heteroatoms. The molecule has 0 amide bonds. The van der Waals surface area contributed by atoms with Gasteiger partial charge in [0.25, 0.3) is 5.78 Å². The Kier molecular flexibility index (Phi) is 2.44. The molecule has 0 saturated carbocycles. The molecule has 0 aliphatic carbocycles. The van der Waals surface area contributed by atoms with Crippen molar-refractivity contribution in [1.82, 2.24) is 19.6 Å². The Hall–Kier alpha value is -2.14. The van der Waals surface area contributed by atoms with Crippen molar-refractivity contribution in [3.63, 3.8) is 0 Å². The van der Waals surface area contributed by atoms with Gasteiger partial charge in [-0.05, 0) is 25.0 Å². The van der Waals surface area contributed by atoms with Crippen molar-refractivity contribution in [3.8, 4) is 0 Å². The monoisotopic (exact) mass is 285 g/mol. The number of halogens is 1. The lowest BCUT2D eigenvalue weighted by Gasteiger charge is -2.25. The van der Waals surface area contributed by atoms with Crippen LogP contribution in [0.5, 0.6) is 0 Å². The van der Waals surface area contributed by atoms with E-state index in [0.717, 1.165) is 12.2 Å². The minimum Gasteiger partial charge on any atom is -0.323 e. The van der Waals surface area contributed by atoms with Gasteiger partial charge in [0.1, 0.15) is 17.3 Å². The molecule has 0 radical (unpaired) electrons. The summed E-state index contributed by atoms with van der Waals surface area (Å²) in [4.78, 5) is 10.5. The van der Waals surface area contributed by atoms with E-state index in [1.54, 1.807) is 4.52 Å². The van der Waals surface area contributed by atoms with Gasteiger partial charge < -0.3 is 4.90 Å². The quantitative estimate of drug-likeness (QED) is 0.645. The smallest absolute Gasteiger partial charge is 0.255 e. The fourth-order valence-electron chi connectivity index (χ4n) is 2.85. The first-order chi connectivity index (χ1) is 9.74. The van der Waals surface area contributed by atoms with Gasteiger partial charge >= 0.3 is 0 Å². The number of anilines is 2. The Balaban J connectivity index is 1.97. The van der Waals surface area contributed by atoms with Crippen LogP contribution >= 0.6 is 11.6 Å². The fourth-order valence-corrected chi connectivity index (χ4v) is 3.03. The van der Waals surface area contributed by atoms with Crippen molar-refractivity contribution in [2.24, 2.45) is 0 Å². The topological polar surface area (TPSA) is 46.3 Å². The van der Waals surface area contributed by atoms with Crippen LogP contribution in [0.2, 0.25) is 5.15 Å². The van der Waals surface area contributed by atoms with E-state index in [4.69, 9.17) is 11.6 Å². The Labute approximate surface area is 120 Å². The van der Waals surface area contributed by atoms with Crippen molar-refractivity contribution in [2.75, 3.05) is 4.90 Å². The summed E-state index contributed by atoms with van der Waals surface area (Å²) in [6.07, 6.45) is 2.50. The lowest BCUT2D eigenvalue weighted by molar-refractivity contribution is 0.734. The summed E-state index contributed by atoms with van der Waals surface area (Å²) >= 11 is 6.12. The number of benzene rings is 1. The second-order valence-electron chi connectivity index (χ2n) is 4.96. The number of hydrogen-bond donors (Lipinski definition) is 0. The van der Waals surface area contributed by atoms with E-state index in [1.165, 1.54) is 17.6 Å². The van der Waals surface area contributed by atoms with E-state index in [0.29, 0.717) is 17.0 Å². The largest absolute Gasteiger partial charge is 0.323 e. The SMILES string of the molecule is CC1Cc2ccccc2N1c1cc(Cl)nc2ncnn12. The van der Waals surface area contributed by atoms with Crippen LogP contribution in [0, 0.1) is 0 Å². The predicted octanol–water partition coefficient (Wildman–Crippen LogP) is 2.86. The van der Waals surface area contributed by atoms with Gasteiger partial charge in [-0.3, -0.25) is 0 Å². The van der Waals surface area contributed by atoms with Crippen LogP contribution in [0.4, 0.5) is 11.5 Å². The highest BCUT2D eigenvalue weighted by Crippen LogP contribution is 2.38. The molecule has 1 atom stereocenters. The molecule has 1 aliphatic rings. The molecule has 3 aromatic rings. The maximum atomic E-state index is 6.12. The lowest BCUT2D eigenvalue weighted by Crippen LogP contribution is -2.26. The van der Waals surface area contributed by atoms with E-state index in [-0.39, 0.29) is 0 Å². The van der Waals surface area contributed by atoms with Crippen molar-refractivity contribution in [3.05, 3.63) is 47.4 Å². The number of hydrogen-bond acceptors (Lipinski definition) is 4. The number of nitrogens with zero attached hydrogens (tertiary/aromatic N) is 5. The number of rotatable bonds is 1. The molecule has 1 aromatic carbocycles. The number of aromatic nitrogens is 4. The molecule has 5 nitrogen and oxygen atoms in total. The van der Waals surface area contributed by atoms with Gasteiger partial charge in [-0.25, -0.2) is 0 Å². The molecule has 1 unspecified atom stereocenters. The third-order valence-electron chi connectivity index (χ3n) is 3.66. The maximum Gasteiger partial charge on any atom is 0.255 e. The Morgan fingerprint density at radius 3 is 3.05 bits per heavy atom. The minimum atomic E-state index is 0.346. The Bertz CT molecular complexity index is 797. The molecule has 4 rings (SSSR count). The van der Waals surface area contributed by atoms with Gasteiger partial charge in [0.2, 0.25) is 0 Å². The van der Waals surface area contributed by atoms with Gasteiger partial charge in [-0.15, -0.1) is 0 Å². The van der Waals surface area contributed by atoms with Gasteiger partial charge in [-0.2, -0.15) is 19.6 Å². The van der Waals surface area contributed by atoms with Crippen LogP contribution in [0.3, 0.4) is 0 Å². The van der Waals surface area contributed by atoms with E-state index < -0.39 is 0 Å². The minimum absolute atomic E-state index is 0.346. The summed E-state index contributed by atoms with van der Waals surface area (Å²) in [6, 6.07) is 10.6. The first kappa shape index (κ1) is 11.7. The van der Waals surface area contributed by atoms with Crippen molar-refractivity contribution in [2.45, 2.75) is 19.4 Å². The molecule has 0 fully saturated rings. The molecule has 20 heavy (non-hydrogen) atoms. The zero-order chi connectivity index (χ0) is 13.7. The van der Waals surface area contributed by atoms with Crippen LogP contribution in [-0.4, -0.2) is 25.6 Å². The summed E-state index contributed by atoms with van der Waals surface area (Å²) in [5.74, 6) is 1.42. The highest BCUT2D eigenvalue weighted by atomic mass is 35.5. The van der Waals surface area contributed by atoms with Crippen LogP contribution < -0.4 is 4.90 Å². The zero-order valence-electron chi connectivity index (χ0n) is 10.9. The molecule has 100 valence electrons. The van der Waals surface area contributed by atoms with E-state index >= 15 is 0 Å². The summed E-state index contributed by atoms with van der Waals surface area (Å²) in [5.41, 5.74) is 2.53. The van der Waals surface area contributed by atoms with Crippen molar-refractivity contribution >= 4 is 28.9 Å². The molecule has 2 aromatic heterocycles. The number of para-hydroxylation sites is 1. The first-order valence-electron chi connectivity index (χ1n) is 6.47. The molecule has 0 spiro atoms. The third kappa shape index (κ3) is 1.59. The molecule has 0 bridgehead atoms. The zero-order valence-corrected chi connectivity index (χ0v) is 11.6. The van der Waals surface area contributed by atoms with E-state index in [1.807, 2.05) is 12.1 Å². The Morgan fingerprint density at radius 1 is 1.30 bits per heavy atom. The summed E-state index contributed by atoms with van der Waals surface area (Å²) in [7, 11) is 0. The van der Waals surface area contributed by atoms with E-state index in [9.17, 15) is 0 Å². The van der Waals surface area contributed by atoms with Crippen LogP contribution in [0.15, 0.2) is 36.7 Å². The van der Waals surface area contributed by atoms with Crippen molar-refractivity contribution in [1.29, 1.82) is 0 Å². The second-order valence-corrected chi connectivity index (χ2v) is 5.35. The molecule has 0 N–H and O–H groups in total. The Morgan fingerprint density at radius 2 is 2.15 bits per heavy atom. The lowest BCUT2D eigenvalue weighted by atomic mass is 10.1.